The van der Waals surface area contributed by atoms with E-state index < -0.39 is 22.0 Å². The number of aromatic nitrogens is 1. The molecule has 3 aromatic rings. The van der Waals surface area contributed by atoms with E-state index in [0.717, 1.165) is 26.1 Å². The lowest BCUT2D eigenvalue weighted by molar-refractivity contribution is -0.131. The van der Waals surface area contributed by atoms with E-state index in [2.05, 4.69) is 9.71 Å². The van der Waals surface area contributed by atoms with Gasteiger partial charge in [-0.15, -0.1) is 11.3 Å². The zero-order valence-corrected chi connectivity index (χ0v) is 19.6. The van der Waals surface area contributed by atoms with Crippen molar-refractivity contribution in [1.82, 2.24) is 15.2 Å². The first kappa shape index (κ1) is 23.5. The summed E-state index contributed by atoms with van der Waals surface area (Å²) in [5.74, 6) is 0.361. The fraction of sp³-hybridized carbons (Fsp3) is 0.300. The molecule has 0 spiro atoms. The average molecular weight is 482 g/mol. The van der Waals surface area contributed by atoms with E-state index in [0.29, 0.717) is 5.52 Å². The van der Waals surface area contributed by atoms with Crippen LogP contribution >= 0.6 is 23.1 Å². The lowest BCUT2D eigenvalue weighted by Gasteiger charge is -2.20. The van der Waals surface area contributed by atoms with Crippen molar-refractivity contribution < 1.29 is 23.2 Å². The van der Waals surface area contributed by atoms with E-state index in [1.54, 1.807) is 44.9 Å². The number of fused-ring (bicyclic) bond motifs is 1. The number of rotatable bonds is 9. The zero-order valence-electron chi connectivity index (χ0n) is 17.2. The number of hydrogen-bond donors (Lipinski definition) is 3. The monoisotopic (exact) mass is 481 g/mol. The molecule has 1 atom stereocenters. The third-order valence-electron chi connectivity index (χ3n) is 4.51. The topological polar surface area (TPSA) is 118 Å². The van der Waals surface area contributed by atoms with E-state index in [9.17, 15) is 13.2 Å². The van der Waals surface area contributed by atoms with Crippen LogP contribution in [0.1, 0.15) is 19.4 Å². The maximum atomic E-state index is 12.8. The van der Waals surface area contributed by atoms with Crippen LogP contribution in [0.3, 0.4) is 0 Å². The minimum Gasteiger partial charge on any atom is -0.497 e. The smallest absolute Gasteiger partial charge is 0.261 e. The number of carbonyl (C=O) groups is 1. The highest BCUT2D eigenvalue weighted by molar-refractivity contribution is 8.00. The number of thiazole rings is 1. The minimum atomic E-state index is -3.97. The van der Waals surface area contributed by atoms with E-state index in [1.807, 2.05) is 24.3 Å². The molecule has 2 aromatic carbocycles. The van der Waals surface area contributed by atoms with Crippen molar-refractivity contribution in [3.63, 3.8) is 0 Å². The summed E-state index contributed by atoms with van der Waals surface area (Å²) in [6, 6.07) is 11.3. The van der Waals surface area contributed by atoms with Crippen molar-refractivity contribution in [2.75, 3.05) is 7.11 Å². The van der Waals surface area contributed by atoms with Gasteiger partial charge in [-0.25, -0.2) is 18.9 Å². The molecule has 3 rings (SSSR count). The molecule has 0 unspecified atom stereocenters. The van der Waals surface area contributed by atoms with Gasteiger partial charge in [0.2, 0.25) is 10.0 Å². The quantitative estimate of drug-likeness (QED) is 0.244. The summed E-state index contributed by atoms with van der Waals surface area (Å²) in [5, 5.41) is 8.88. The lowest BCUT2D eigenvalue weighted by atomic mass is 10.1. The van der Waals surface area contributed by atoms with Crippen molar-refractivity contribution >= 4 is 49.2 Å². The van der Waals surface area contributed by atoms with E-state index in [-0.39, 0.29) is 10.8 Å². The van der Waals surface area contributed by atoms with Crippen molar-refractivity contribution in [2.45, 2.75) is 34.9 Å². The second kappa shape index (κ2) is 9.96. The maximum Gasteiger partial charge on any atom is 0.261 e. The minimum absolute atomic E-state index is 0.0340. The molecule has 0 fully saturated rings. The van der Waals surface area contributed by atoms with Crippen LogP contribution in [0.25, 0.3) is 10.2 Å². The highest BCUT2D eigenvalue weighted by Gasteiger charge is 2.28. The summed E-state index contributed by atoms with van der Waals surface area (Å²) < 4.78 is 34.6. The predicted molar refractivity (Wildman–Crippen MR) is 121 cm³/mol. The molecule has 0 aliphatic carbocycles. The molecule has 8 nitrogen and oxygen atoms in total. The van der Waals surface area contributed by atoms with Crippen LogP contribution in [0.15, 0.2) is 51.7 Å². The molecule has 166 valence electrons. The summed E-state index contributed by atoms with van der Waals surface area (Å²) in [6.45, 7) is 3.36. The van der Waals surface area contributed by atoms with Gasteiger partial charge in [-0.2, -0.15) is 4.72 Å². The van der Waals surface area contributed by atoms with Crippen LogP contribution in [0.4, 0.5) is 0 Å². The van der Waals surface area contributed by atoms with Gasteiger partial charge in [0.1, 0.15) is 11.8 Å². The van der Waals surface area contributed by atoms with E-state index >= 15 is 0 Å². The van der Waals surface area contributed by atoms with Gasteiger partial charge in [0.25, 0.3) is 5.91 Å². The number of methoxy groups -OCH3 is 1. The predicted octanol–water partition coefficient (Wildman–Crippen LogP) is 3.41. The van der Waals surface area contributed by atoms with Crippen LogP contribution in [0.2, 0.25) is 0 Å². The molecule has 1 heterocycles. The zero-order chi connectivity index (χ0) is 22.6. The van der Waals surface area contributed by atoms with Crippen molar-refractivity contribution in [3.8, 4) is 5.75 Å². The number of ether oxygens (including phenoxy) is 1. The van der Waals surface area contributed by atoms with Crippen LogP contribution in [0, 0.1) is 5.92 Å². The SMILES string of the molecule is COc1ccc(CSc2nc3ccc(S(=O)(=O)N[C@@H](C(=O)NO)C(C)C)cc3s2)cc1. The van der Waals surface area contributed by atoms with Gasteiger partial charge in [-0.1, -0.05) is 37.7 Å². The number of nitrogens with one attached hydrogen (secondary N) is 2. The summed E-state index contributed by atoms with van der Waals surface area (Å²) >= 11 is 2.97. The number of amides is 1. The third kappa shape index (κ3) is 5.74. The Morgan fingerprint density at radius 3 is 2.55 bits per heavy atom. The van der Waals surface area contributed by atoms with Crippen molar-refractivity contribution in [2.24, 2.45) is 5.92 Å². The second-order valence-electron chi connectivity index (χ2n) is 7.07. The van der Waals surface area contributed by atoms with Crippen molar-refractivity contribution in [1.29, 1.82) is 0 Å². The van der Waals surface area contributed by atoms with Crippen LogP contribution in [0.5, 0.6) is 5.75 Å². The van der Waals surface area contributed by atoms with E-state index in [4.69, 9.17) is 9.94 Å². The summed E-state index contributed by atoms with van der Waals surface area (Å²) in [7, 11) is -2.34. The molecular weight excluding hydrogens is 458 g/mol. The molecule has 0 saturated heterocycles. The number of sulfonamides is 1. The number of hydroxylamine groups is 1. The lowest BCUT2D eigenvalue weighted by Crippen LogP contribution is -2.48. The Kier molecular flexibility index (Phi) is 7.55. The maximum absolute atomic E-state index is 12.8. The first-order chi connectivity index (χ1) is 14.7. The van der Waals surface area contributed by atoms with Gasteiger partial charge in [0.15, 0.2) is 4.34 Å². The third-order valence-corrected chi connectivity index (χ3v) is 8.18. The summed E-state index contributed by atoms with van der Waals surface area (Å²) in [4.78, 5) is 16.4. The molecule has 0 bridgehead atoms. The molecule has 0 aliphatic rings. The van der Waals surface area contributed by atoms with Gasteiger partial charge >= 0.3 is 0 Å². The number of nitrogens with zero attached hydrogens (tertiary/aromatic N) is 1. The molecule has 1 aromatic heterocycles. The number of hydrogen-bond acceptors (Lipinski definition) is 8. The molecule has 0 saturated carbocycles. The van der Waals surface area contributed by atoms with Crippen LogP contribution < -0.4 is 14.9 Å². The molecule has 1 amide bonds. The standard InChI is InChI=1S/C20H23N3O5S3/c1-12(2)18(19(24)22-25)23-31(26,27)15-8-9-16-17(10-15)30-20(21-16)29-11-13-4-6-14(28-3)7-5-13/h4-10,12,18,23,25H,11H2,1-3H3,(H,22,24)/t18-/m1/s1. The van der Waals surface area contributed by atoms with Gasteiger partial charge in [0.05, 0.1) is 22.2 Å². The Morgan fingerprint density at radius 1 is 1.23 bits per heavy atom. The normalized spacial score (nSPS) is 12.8. The molecule has 11 heteroatoms. The Labute approximate surface area is 189 Å². The van der Waals surface area contributed by atoms with Crippen LogP contribution in [-0.4, -0.2) is 37.7 Å². The largest absolute Gasteiger partial charge is 0.497 e. The molecule has 3 N–H and O–H groups in total. The van der Waals surface area contributed by atoms with Gasteiger partial charge < -0.3 is 4.74 Å². The van der Waals surface area contributed by atoms with Crippen LogP contribution in [-0.2, 0) is 20.6 Å². The van der Waals surface area contributed by atoms with Gasteiger partial charge in [0, 0.05) is 5.75 Å². The molecular formula is C20H23N3O5S3. The molecule has 31 heavy (non-hydrogen) atoms. The highest BCUT2D eigenvalue weighted by Crippen LogP contribution is 2.33. The molecule has 0 radical (unpaired) electrons. The van der Waals surface area contributed by atoms with E-state index in [1.165, 1.54) is 22.9 Å². The fourth-order valence-corrected chi connectivity index (χ4v) is 6.28. The number of carbonyl (C=O) groups excluding carboxylic acids is 1. The second-order valence-corrected chi connectivity index (χ2v) is 11.0. The Balaban J connectivity index is 1.77. The summed E-state index contributed by atoms with van der Waals surface area (Å²) in [5.41, 5.74) is 3.33. The van der Waals surface area contributed by atoms with Gasteiger partial charge in [-0.05, 0) is 41.8 Å². The van der Waals surface area contributed by atoms with Gasteiger partial charge in [-0.3, -0.25) is 10.0 Å². The Bertz CT molecular complexity index is 1160. The first-order valence-electron chi connectivity index (χ1n) is 9.36. The fourth-order valence-electron chi connectivity index (χ4n) is 2.78. The Hall–Kier alpha value is -2.18. The first-order valence-corrected chi connectivity index (χ1v) is 12.6. The number of benzene rings is 2. The van der Waals surface area contributed by atoms with Crippen molar-refractivity contribution in [3.05, 3.63) is 48.0 Å². The Morgan fingerprint density at radius 2 is 1.94 bits per heavy atom. The highest BCUT2D eigenvalue weighted by atomic mass is 32.2. The molecule has 0 aliphatic heterocycles. The number of thioether (sulfide) groups is 1. The average Bonchev–Trinajstić information content (AvgIpc) is 3.18. The summed E-state index contributed by atoms with van der Waals surface area (Å²) in [6.07, 6.45) is 0.